The van der Waals surface area contributed by atoms with Crippen molar-refractivity contribution in [2.24, 2.45) is 13.0 Å². The number of hydrogen-bond donors (Lipinski definition) is 2. The largest absolute Gasteiger partial charge is 0.326 e. The van der Waals surface area contributed by atoms with Gasteiger partial charge in [0.15, 0.2) is 5.82 Å². The Labute approximate surface area is 123 Å². The van der Waals surface area contributed by atoms with E-state index in [1.54, 1.807) is 6.33 Å². The van der Waals surface area contributed by atoms with E-state index in [1.165, 1.54) is 0 Å². The maximum atomic E-state index is 12.3. The first-order valence-electron chi connectivity index (χ1n) is 7.20. The van der Waals surface area contributed by atoms with E-state index < -0.39 is 0 Å². The Hall–Kier alpha value is -2.21. The van der Waals surface area contributed by atoms with E-state index in [1.807, 2.05) is 35.9 Å². The van der Waals surface area contributed by atoms with Crippen molar-refractivity contribution in [3.63, 3.8) is 0 Å². The fourth-order valence-electron chi connectivity index (χ4n) is 2.61. The van der Waals surface area contributed by atoms with Crippen LogP contribution in [-0.2, 0) is 11.8 Å². The molecule has 0 saturated carbocycles. The molecule has 1 aromatic carbocycles. The molecule has 0 unspecified atom stereocenters. The Morgan fingerprint density at radius 1 is 1.38 bits per heavy atom. The second-order valence-corrected chi connectivity index (χ2v) is 5.36. The van der Waals surface area contributed by atoms with Crippen LogP contribution in [0.1, 0.15) is 12.8 Å². The summed E-state index contributed by atoms with van der Waals surface area (Å²) in [7, 11) is 1.90. The summed E-state index contributed by atoms with van der Waals surface area (Å²) in [5.41, 5.74) is 1.75. The molecule has 0 aliphatic carbocycles. The van der Waals surface area contributed by atoms with E-state index in [9.17, 15) is 4.79 Å². The van der Waals surface area contributed by atoms with Gasteiger partial charge in [-0.15, -0.1) is 10.2 Å². The fourth-order valence-corrected chi connectivity index (χ4v) is 2.61. The predicted octanol–water partition coefficient (Wildman–Crippen LogP) is 1.42. The molecule has 6 nitrogen and oxygen atoms in total. The first-order chi connectivity index (χ1) is 10.2. The molecule has 110 valence electrons. The Balaban J connectivity index is 1.74. The van der Waals surface area contributed by atoms with Gasteiger partial charge in [-0.25, -0.2) is 0 Å². The van der Waals surface area contributed by atoms with Crippen LogP contribution < -0.4 is 10.6 Å². The van der Waals surface area contributed by atoms with E-state index in [0.717, 1.165) is 43.0 Å². The second-order valence-electron chi connectivity index (χ2n) is 5.36. The van der Waals surface area contributed by atoms with Crippen molar-refractivity contribution in [3.05, 3.63) is 30.6 Å². The standard InChI is InChI=1S/C15H19N5O/c1-20-10-17-19-14(20)12-3-2-4-13(9-12)18-15(21)11-5-7-16-8-6-11/h2-4,9-11,16H,5-8H2,1H3,(H,18,21). The third-order valence-corrected chi connectivity index (χ3v) is 3.81. The summed E-state index contributed by atoms with van der Waals surface area (Å²) in [5, 5.41) is 14.2. The van der Waals surface area contributed by atoms with Crippen LogP contribution in [-0.4, -0.2) is 33.8 Å². The van der Waals surface area contributed by atoms with Gasteiger partial charge in [-0.3, -0.25) is 4.79 Å². The molecule has 0 spiro atoms. The number of nitrogens with one attached hydrogen (secondary N) is 2. The van der Waals surface area contributed by atoms with Crippen LogP contribution in [0.15, 0.2) is 30.6 Å². The van der Waals surface area contributed by atoms with Gasteiger partial charge in [0.25, 0.3) is 0 Å². The summed E-state index contributed by atoms with van der Waals surface area (Å²) in [4.78, 5) is 12.3. The minimum absolute atomic E-state index is 0.102. The van der Waals surface area contributed by atoms with Crippen molar-refractivity contribution < 1.29 is 4.79 Å². The minimum atomic E-state index is 0.102. The van der Waals surface area contributed by atoms with Crippen LogP contribution in [0, 0.1) is 5.92 Å². The van der Waals surface area contributed by atoms with Gasteiger partial charge in [0.2, 0.25) is 5.91 Å². The quantitative estimate of drug-likeness (QED) is 0.894. The van der Waals surface area contributed by atoms with Gasteiger partial charge in [-0.05, 0) is 38.1 Å². The van der Waals surface area contributed by atoms with Crippen molar-refractivity contribution >= 4 is 11.6 Å². The van der Waals surface area contributed by atoms with Gasteiger partial charge in [0, 0.05) is 24.2 Å². The first kappa shape index (κ1) is 13.8. The molecule has 21 heavy (non-hydrogen) atoms. The lowest BCUT2D eigenvalue weighted by Gasteiger charge is -2.21. The number of carbonyl (C=O) groups excluding carboxylic acids is 1. The third-order valence-electron chi connectivity index (χ3n) is 3.81. The molecule has 1 aromatic heterocycles. The second kappa shape index (κ2) is 6.05. The molecule has 0 bridgehead atoms. The van der Waals surface area contributed by atoms with Gasteiger partial charge >= 0.3 is 0 Å². The molecular weight excluding hydrogens is 266 g/mol. The molecule has 2 N–H and O–H groups in total. The van der Waals surface area contributed by atoms with Crippen LogP contribution in [0.5, 0.6) is 0 Å². The van der Waals surface area contributed by atoms with E-state index in [2.05, 4.69) is 20.8 Å². The number of aryl methyl sites for hydroxylation is 1. The highest BCUT2D eigenvalue weighted by atomic mass is 16.1. The molecule has 2 aromatic rings. The lowest BCUT2D eigenvalue weighted by Crippen LogP contribution is -2.34. The van der Waals surface area contributed by atoms with Gasteiger partial charge in [-0.1, -0.05) is 12.1 Å². The summed E-state index contributed by atoms with van der Waals surface area (Å²) >= 11 is 0. The number of anilines is 1. The summed E-state index contributed by atoms with van der Waals surface area (Å²) in [6.45, 7) is 1.83. The molecule has 0 atom stereocenters. The number of aromatic nitrogens is 3. The number of hydrogen-bond acceptors (Lipinski definition) is 4. The van der Waals surface area contributed by atoms with E-state index >= 15 is 0 Å². The highest BCUT2D eigenvalue weighted by molar-refractivity contribution is 5.93. The number of amides is 1. The molecular formula is C15H19N5O. The lowest BCUT2D eigenvalue weighted by molar-refractivity contribution is -0.120. The number of benzene rings is 1. The molecule has 3 rings (SSSR count). The van der Waals surface area contributed by atoms with Crippen LogP contribution in [0.3, 0.4) is 0 Å². The molecule has 0 radical (unpaired) electrons. The molecule has 1 aliphatic heterocycles. The Kier molecular flexibility index (Phi) is 3.96. The summed E-state index contributed by atoms with van der Waals surface area (Å²) < 4.78 is 1.85. The number of carbonyl (C=O) groups is 1. The average Bonchev–Trinajstić information content (AvgIpc) is 2.94. The first-order valence-corrected chi connectivity index (χ1v) is 7.20. The number of rotatable bonds is 3. The highest BCUT2D eigenvalue weighted by Crippen LogP contribution is 2.21. The highest BCUT2D eigenvalue weighted by Gasteiger charge is 2.20. The fraction of sp³-hybridized carbons (Fsp3) is 0.400. The molecule has 1 fully saturated rings. The number of nitrogens with zero attached hydrogens (tertiary/aromatic N) is 3. The minimum Gasteiger partial charge on any atom is -0.326 e. The van der Waals surface area contributed by atoms with Gasteiger partial charge in [0.05, 0.1) is 0 Å². The lowest BCUT2D eigenvalue weighted by atomic mass is 9.97. The Morgan fingerprint density at radius 2 is 2.19 bits per heavy atom. The van der Waals surface area contributed by atoms with Gasteiger partial charge < -0.3 is 15.2 Å². The average molecular weight is 285 g/mol. The molecule has 1 saturated heterocycles. The van der Waals surface area contributed by atoms with Crippen molar-refractivity contribution in [1.82, 2.24) is 20.1 Å². The molecule has 1 aliphatic rings. The Morgan fingerprint density at radius 3 is 2.90 bits per heavy atom. The Bertz CT molecular complexity index is 630. The zero-order valence-corrected chi connectivity index (χ0v) is 12.0. The van der Waals surface area contributed by atoms with Crippen LogP contribution in [0.2, 0.25) is 0 Å². The van der Waals surface area contributed by atoms with E-state index in [4.69, 9.17) is 0 Å². The van der Waals surface area contributed by atoms with Crippen LogP contribution in [0.25, 0.3) is 11.4 Å². The van der Waals surface area contributed by atoms with Crippen molar-refractivity contribution in [2.75, 3.05) is 18.4 Å². The zero-order valence-electron chi connectivity index (χ0n) is 12.0. The van der Waals surface area contributed by atoms with Gasteiger partial charge in [0.1, 0.15) is 6.33 Å². The molecule has 2 heterocycles. The summed E-state index contributed by atoms with van der Waals surface area (Å²) in [5.74, 6) is 0.990. The third kappa shape index (κ3) is 3.11. The van der Waals surface area contributed by atoms with Crippen molar-refractivity contribution in [2.45, 2.75) is 12.8 Å². The SMILES string of the molecule is Cn1cnnc1-c1cccc(NC(=O)C2CCNCC2)c1. The van der Waals surface area contributed by atoms with Crippen molar-refractivity contribution in [3.8, 4) is 11.4 Å². The normalized spacial score (nSPS) is 15.9. The maximum absolute atomic E-state index is 12.3. The zero-order chi connectivity index (χ0) is 14.7. The molecule has 6 heteroatoms. The van der Waals surface area contributed by atoms with Crippen molar-refractivity contribution in [1.29, 1.82) is 0 Å². The van der Waals surface area contributed by atoms with Crippen LogP contribution >= 0.6 is 0 Å². The molecule has 1 amide bonds. The number of piperidine rings is 1. The van der Waals surface area contributed by atoms with E-state index in [0.29, 0.717) is 0 Å². The summed E-state index contributed by atoms with van der Waals surface area (Å²) in [6.07, 6.45) is 3.46. The maximum Gasteiger partial charge on any atom is 0.227 e. The predicted molar refractivity (Wildman–Crippen MR) is 80.7 cm³/mol. The van der Waals surface area contributed by atoms with Gasteiger partial charge in [-0.2, -0.15) is 0 Å². The monoisotopic (exact) mass is 285 g/mol. The summed E-state index contributed by atoms with van der Waals surface area (Å²) in [6, 6.07) is 7.72. The van der Waals surface area contributed by atoms with E-state index in [-0.39, 0.29) is 11.8 Å². The topological polar surface area (TPSA) is 71.8 Å². The van der Waals surface area contributed by atoms with Crippen LogP contribution in [0.4, 0.5) is 5.69 Å². The smallest absolute Gasteiger partial charge is 0.227 e.